The van der Waals surface area contributed by atoms with E-state index in [1.807, 2.05) is 13.0 Å². The first-order chi connectivity index (χ1) is 9.63. The molecule has 0 aromatic rings. The Morgan fingerprint density at radius 3 is 2.30 bits per heavy atom. The Morgan fingerprint density at radius 2 is 1.80 bits per heavy atom. The SMILES string of the molecule is CC(N)C1=CCC(C(=O)NC2CCC(C3CC3)CC2)=C1. The first-order valence-electron chi connectivity index (χ1n) is 8.10. The fourth-order valence-electron chi connectivity index (χ4n) is 3.60. The quantitative estimate of drug-likeness (QED) is 0.828. The van der Waals surface area contributed by atoms with Gasteiger partial charge >= 0.3 is 0 Å². The summed E-state index contributed by atoms with van der Waals surface area (Å²) in [5, 5.41) is 3.22. The van der Waals surface area contributed by atoms with Gasteiger partial charge in [0.2, 0.25) is 5.91 Å². The minimum Gasteiger partial charge on any atom is -0.350 e. The predicted molar refractivity (Wildman–Crippen MR) is 81.0 cm³/mol. The molecule has 0 heterocycles. The van der Waals surface area contributed by atoms with E-state index in [-0.39, 0.29) is 11.9 Å². The standard InChI is InChI=1S/C17H26N2O/c1-11(18)14-4-5-15(10-14)17(20)19-16-8-6-13(7-9-16)12-2-3-12/h4,10-13,16H,2-3,5-9,18H2,1H3,(H,19,20). The Balaban J connectivity index is 1.47. The van der Waals surface area contributed by atoms with Crippen LogP contribution in [0.15, 0.2) is 23.3 Å². The number of amides is 1. The smallest absolute Gasteiger partial charge is 0.247 e. The molecule has 2 fully saturated rings. The van der Waals surface area contributed by atoms with Gasteiger partial charge in [-0.1, -0.05) is 6.08 Å². The van der Waals surface area contributed by atoms with Crippen molar-refractivity contribution >= 4 is 5.91 Å². The minimum absolute atomic E-state index is 0.0225. The van der Waals surface area contributed by atoms with Gasteiger partial charge in [0.05, 0.1) is 0 Å². The maximum absolute atomic E-state index is 12.3. The lowest BCUT2D eigenvalue weighted by Crippen LogP contribution is -2.38. The number of carbonyl (C=O) groups is 1. The van der Waals surface area contributed by atoms with Gasteiger partial charge in [-0.05, 0) is 75.4 Å². The zero-order chi connectivity index (χ0) is 14.1. The molecule has 1 unspecified atom stereocenters. The first-order valence-corrected chi connectivity index (χ1v) is 8.10. The lowest BCUT2D eigenvalue weighted by atomic mass is 9.83. The van der Waals surface area contributed by atoms with Gasteiger partial charge in [-0.15, -0.1) is 0 Å². The largest absolute Gasteiger partial charge is 0.350 e. The second-order valence-electron chi connectivity index (χ2n) is 6.79. The predicted octanol–water partition coefficient (Wildman–Crippen LogP) is 2.68. The van der Waals surface area contributed by atoms with Gasteiger partial charge in [0.15, 0.2) is 0 Å². The first kappa shape index (κ1) is 13.9. The third-order valence-corrected chi connectivity index (χ3v) is 5.11. The number of rotatable bonds is 4. The highest BCUT2D eigenvalue weighted by atomic mass is 16.1. The van der Waals surface area contributed by atoms with Gasteiger partial charge in [0, 0.05) is 17.7 Å². The van der Waals surface area contributed by atoms with E-state index in [0.29, 0.717) is 6.04 Å². The van der Waals surface area contributed by atoms with Crippen molar-refractivity contribution in [1.82, 2.24) is 5.32 Å². The number of hydrogen-bond acceptors (Lipinski definition) is 2. The second-order valence-corrected chi connectivity index (χ2v) is 6.79. The van der Waals surface area contributed by atoms with Gasteiger partial charge in [-0.25, -0.2) is 0 Å². The van der Waals surface area contributed by atoms with Crippen LogP contribution < -0.4 is 11.1 Å². The van der Waals surface area contributed by atoms with Gasteiger partial charge in [0.1, 0.15) is 0 Å². The van der Waals surface area contributed by atoms with Crippen LogP contribution in [-0.2, 0) is 4.79 Å². The Hall–Kier alpha value is -1.09. The van der Waals surface area contributed by atoms with Gasteiger partial charge < -0.3 is 11.1 Å². The molecule has 3 rings (SSSR count). The summed E-state index contributed by atoms with van der Waals surface area (Å²) >= 11 is 0. The lowest BCUT2D eigenvalue weighted by Gasteiger charge is -2.29. The molecule has 1 amide bonds. The van der Waals surface area contributed by atoms with Crippen molar-refractivity contribution in [2.45, 2.75) is 64.0 Å². The maximum Gasteiger partial charge on any atom is 0.247 e. The van der Waals surface area contributed by atoms with Crippen LogP contribution in [0.25, 0.3) is 0 Å². The van der Waals surface area contributed by atoms with Crippen LogP contribution >= 0.6 is 0 Å². The molecule has 0 bridgehead atoms. The van der Waals surface area contributed by atoms with Crippen LogP contribution in [0, 0.1) is 11.8 Å². The van der Waals surface area contributed by atoms with Crippen LogP contribution in [0.1, 0.15) is 51.9 Å². The monoisotopic (exact) mass is 274 g/mol. The van der Waals surface area contributed by atoms with E-state index < -0.39 is 0 Å². The molecular weight excluding hydrogens is 248 g/mol. The summed E-state index contributed by atoms with van der Waals surface area (Å²) < 4.78 is 0. The van der Waals surface area contributed by atoms with E-state index in [0.717, 1.165) is 42.2 Å². The van der Waals surface area contributed by atoms with E-state index in [1.54, 1.807) is 0 Å². The zero-order valence-corrected chi connectivity index (χ0v) is 12.4. The summed E-state index contributed by atoms with van der Waals surface area (Å²) in [6, 6.07) is 0.409. The van der Waals surface area contributed by atoms with E-state index in [9.17, 15) is 4.79 Å². The summed E-state index contributed by atoms with van der Waals surface area (Å²) in [6.07, 6.45) is 12.6. The van der Waals surface area contributed by atoms with Gasteiger partial charge in [0.25, 0.3) is 0 Å². The highest BCUT2D eigenvalue weighted by molar-refractivity contribution is 5.95. The molecule has 0 aromatic carbocycles. The number of nitrogens with one attached hydrogen (secondary N) is 1. The highest BCUT2D eigenvalue weighted by Crippen LogP contribution is 2.43. The topological polar surface area (TPSA) is 55.1 Å². The average molecular weight is 274 g/mol. The molecule has 0 radical (unpaired) electrons. The zero-order valence-electron chi connectivity index (χ0n) is 12.4. The summed E-state index contributed by atoms with van der Waals surface area (Å²) in [5.41, 5.74) is 7.82. The highest BCUT2D eigenvalue weighted by Gasteiger charge is 2.34. The summed E-state index contributed by atoms with van der Waals surface area (Å²) in [7, 11) is 0. The maximum atomic E-state index is 12.3. The Labute approximate surface area is 121 Å². The normalized spacial score (nSPS) is 31.5. The Morgan fingerprint density at radius 1 is 1.20 bits per heavy atom. The van der Waals surface area contributed by atoms with Crippen molar-refractivity contribution < 1.29 is 4.79 Å². The number of allylic oxidation sites excluding steroid dienone is 1. The summed E-state index contributed by atoms with van der Waals surface area (Å²) in [6.45, 7) is 1.96. The number of carbonyl (C=O) groups excluding carboxylic acids is 1. The second kappa shape index (κ2) is 5.72. The van der Waals surface area contributed by atoms with E-state index in [1.165, 1.54) is 25.7 Å². The van der Waals surface area contributed by atoms with Crippen molar-refractivity contribution in [2.75, 3.05) is 0 Å². The molecule has 3 aliphatic carbocycles. The number of nitrogens with two attached hydrogens (primary N) is 1. The summed E-state index contributed by atoms with van der Waals surface area (Å²) in [5.74, 6) is 2.08. The molecule has 1 atom stereocenters. The molecule has 0 aliphatic heterocycles. The van der Waals surface area contributed by atoms with Crippen LogP contribution in [0.5, 0.6) is 0 Å². The van der Waals surface area contributed by atoms with E-state index in [4.69, 9.17) is 5.73 Å². The lowest BCUT2D eigenvalue weighted by molar-refractivity contribution is -0.118. The third-order valence-electron chi connectivity index (χ3n) is 5.11. The minimum atomic E-state index is 0.0225. The van der Waals surface area contributed by atoms with Crippen molar-refractivity contribution in [3.8, 4) is 0 Å². The van der Waals surface area contributed by atoms with Crippen molar-refractivity contribution in [3.05, 3.63) is 23.3 Å². The third kappa shape index (κ3) is 3.14. The molecule has 2 saturated carbocycles. The van der Waals surface area contributed by atoms with Crippen LogP contribution in [0.2, 0.25) is 0 Å². The van der Waals surface area contributed by atoms with Gasteiger partial charge in [-0.2, -0.15) is 0 Å². The molecule has 3 aliphatic rings. The fourth-order valence-corrected chi connectivity index (χ4v) is 3.60. The molecule has 20 heavy (non-hydrogen) atoms. The van der Waals surface area contributed by atoms with Crippen molar-refractivity contribution in [2.24, 2.45) is 17.6 Å². The van der Waals surface area contributed by atoms with Crippen LogP contribution in [0.3, 0.4) is 0 Å². The Bertz CT molecular complexity index is 438. The Kier molecular flexibility index (Phi) is 3.97. The molecule has 110 valence electrons. The molecular formula is C17H26N2O. The molecule has 3 heteroatoms. The molecule has 0 saturated heterocycles. The van der Waals surface area contributed by atoms with Crippen LogP contribution in [0.4, 0.5) is 0 Å². The molecule has 0 aromatic heterocycles. The van der Waals surface area contributed by atoms with E-state index >= 15 is 0 Å². The fraction of sp³-hybridized carbons (Fsp3) is 0.706. The average Bonchev–Trinajstić information content (AvgIpc) is 3.15. The van der Waals surface area contributed by atoms with E-state index in [2.05, 4.69) is 11.4 Å². The molecule has 0 spiro atoms. The van der Waals surface area contributed by atoms with Gasteiger partial charge in [-0.3, -0.25) is 4.79 Å². The molecule has 3 N–H and O–H groups in total. The molecule has 3 nitrogen and oxygen atoms in total. The van der Waals surface area contributed by atoms with Crippen LogP contribution in [-0.4, -0.2) is 18.0 Å². The van der Waals surface area contributed by atoms with Crippen molar-refractivity contribution in [3.63, 3.8) is 0 Å². The van der Waals surface area contributed by atoms with Crippen molar-refractivity contribution in [1.29, 1.82) is 0 Å². The summed E-state index contributed by atoms with van der Waals surface area (Å²) in [4.78, 5) is 12.3. The number of hydrogen-bond donors (Lipinski definition) is 2.